The van der Waals surface area contributed by atoms with Crippen LogP contribution in [0.25, 0.3) is 0 Å². The van der Waals surface area contributed by atoms with E-state index < -0.39 is 5.60 Å². The Bertz CT molecular complexity index is 236. The van der Waals surface area contributed by atoms with Crippen molar-refractivity contribution in [1.29, 1.82) is 0 Å². The Balaban J connectivity index is 2.00. The summed E-state index contributed by atoms with van der Waals surface area (Å²) in [6.07, 6.45) is 2.75. The van der Waals surface area contributed by atoms with E-state index in [2.05, 4.69) is 0 Å². The second kappa shape index (κ2) is 3.51. The van der Waals surface area contributed by atoms with Crippen LogP contribution in [0.3, 0.4) is 0 Å². The maximum Gasteiger partial charge on any atom is 0.254 e. The molecule has 14 heavy (non-hydrogen) atoms. The lowest BCUT2D eigenvalue weighted by Crippen LogP contribution is -2.46. The predicted octanol–water partition coefficient (Wildman–Crippen LogP) is 0.115. The Morgan fingerprint density at radius 2 is 2.43 bits per heavy atom. The van der Waals surface area contributed by atoms with Crippen LogP contribution in [-0.2, 0) is 9.53 Å². The minimum Gasteiger partial charge on any atom is -0.365 e. The van der Waals surface area contributed by atoms with Gasteiger partial charge in [0.1, 0.15) is 5.60 Å². The summed E-state index contributed by atoms with van der Waals surface area (Å²) in [5, 5.41) is 0. The molecule has 2 aliphatic heterocycles. The lowest BCUT2D eigenvalue weighted by Gasteiger charge is -2.27. The number of hydrogen-bond donors (Lipinski definition) is 1. The predicted molar refractivity (Wildman–Crippen MR) is 52.8 cm³/mol. The molecule has 1 unspecified atom stereocenters. The third-order valence-electron chi connectivity index (χ3n) is 3.18. The Kier molecular flexibility index (Phi) is 2.49. The van der Waals surface area contributed by atoms with Crippen LogP contribution in [0.4, 0.5) is 0 Å². The molecule has 1 amide bonds. The molecule has 2 heterocycles. The minimum absolute atomic E-state index is 0.128. The summed E-state index contributed by atoms with van der Waals surface area (Å²) in [5.41, 5.74) is 5.20. The Morgan fingerprint density at radius 1 is 1.64 bits per heavy atom. The van der Waals surface area contributed by atoms with Gasteiger partial charge in [0.05, 0.1) is 0 Å². The highest BCUT2D eigenvalue weighted by atomic mass is 16.5. The molecule has 0 aromatic rings. The Labute approximate surface area is 84.4 Å². The van der Waals surface area contributed by atoms with Crippen molar-refractivity contribution in [3.05, 3.63) is 0 Å². The molecule has 0 saturated carbocycles. The molecule has 2 N–H and O–H groups in total. The largest absolute Gasteiger partial charge is 0.365 e. The maximum absolute atomic E-state index is 12.1. The van der Waals surface area contributed by atoms with Crippen molar-refractivity contribution in [3.63, 3.8) is 0 Å². The summed E-state index contributed by atoms with van der Waals surface area (Å²) >= 11 is 0. The number of amides is 1. The first-order chi connectivity index (χ1) is 6.62. The topological polar surface area (TPSA) is 55.6 Å². The number of hydrogen-bond acceptors (Lipinski definition) is 3. The number of carbonyl (C=O) groups excluding carboxylic acids is 1. The first kappa shape index (κ1) is 9.93. The molecular weight excluding hydrogens is 180 g/mol. The second-order valence-corrected chi connectivity index (χ2v) is 4.48. The minimum atomic E-state index is -0.565. The summed E-state index contributed by atoms with van der Waals surface area (Å²) in [7, 11) is 0. The maximum atomic E-state index is 12.1. The van der Waals surface area contributed by atoms with Gasteiger partial charge in [-0.1, -0.05) is 0 Å². The van der Waals surface area contributed by atoms with Crippen molar-refractivity contribution in [2.24, 2.45) is 5.73 Å². The van der Waals surface area contributed by atoms with Crippen molar-refractivity contribution in [1.82, 2.24) is 4.90 Å². The van der Waals surface area contributed by atoms with Crippen molar-refractivity contribution < 1.29 is 9.53 Å². The summed E-state index contributed by atoms with van der Waals surface area (Å²) in [4.78, 5) is 13.9. The fourth-order valence-corrected chi connectivity index (χ4v) is 2.25. The molecule has 2 saturated heterocycles. The van der Waals surface area contributed by atoms with E-state index in [4.69, 9.17) is 10.5 Å². The zero-order valence-corrected chi connectivity index (χ0v) is 8.66. The van der Waals surface area contributed by atoms with Crippen molar-refractivity contribution in [2.75, 3.05) is 19.7 Å². The second-order valence-electron chi connectivity index (χ2n) is 4.48. The van der Waals surface area contributed by atoms with E-state index in [1.807, 2.05) is 11.8 Å². The molecule has 4 heteroatoms. The van der Waals surface area contributed by atoms with Gasteiger partial charge in [0.2, 0.25) is 0 Å². The molecule has 2 atom stereocenters. The monoisotopic (exact) mass is 198 g/mol. The van der Waals surface area contributed by atoms with E-state index in [1.54, 1.807) is 0 Å². The summed E-state index contributed by atoms with van der Waals surface area (Å²) in [5.74, 6) is 0.128. The molecule has 4 nitrogen and oxygen atoms in total. The van der Waals surface area contributed by atoms with E-state index in [-0.39, 0.29) is 11.9 Å². The van der Waals surface area contributed by atoms with Gasteiger partial charge in [-0.2, -0.15) is 0 Å². The van der Waals surface area contributed by atoms with Gasteiger partial charge in [-0.25, -0.2) is 0 Å². The number of ether oxygens (including phenoxy) is 1. The van der Waals surface area contributed by atoms with E-state index >= 15 is 0 Å². The van der Waals surface area contributed by atoms with Crippen molar-refractivity contribution in [2.45, 2.75) is 37.8 Å². The zero-order chi connectivity index (χ0) is 10.2. The van der Waals surface area contributed by atoms with Crippen LogP contribution in [0.2, 0.25) is 0 Å². The normalized spacial score (nSPS) is 37.9. The van der Waals surface area contributed by atoms with E-state index in [9.17, 15) is 4.79 Å². The van der Waals surface area contributed by atoms with E-state index in [0.29, 0.717) is 13.2 Å². The number of nitrogens with zero attached hydrogens (tertiary/aromatic N) is 1. The molecule has 0 spiro atoms. The molecule has 0 bridgehead atoms. The summed E-state index contributed by atoms with van der Waals surface area (Å²) in [6, 6.07) is 0.156. The van der Waals surface area contributed by atoms with Gasteiger partial charge in [-0.05, 0) is 26.2 Å². The first-order valence-corrected chi connectivity index (χ1v) is 5.31. The van der Waals surface area contributed by atoms with Gasteiger partial charge in [0.15, 0.2) is 0 Å². The highest BCUT2D eigenvalue weighted by Crippen LogP contribution is 2.28. The van der Waals surface area contributed by atoms with Crippen molar-refractivity contribution in [3.8, 4) is 0 Å². The van der Waals surface area contributed by atoms with Crippen LogP contribution < -0.4 is 5.73 Å². The standard InChI is InChI=1S/C10H18N2O2/c1-10(4-2-6-14-10)9(13)12-5-3-8(11)7-12/h8H,2-7,11H2,1H3/t8-,10?/m1/s1. The fraction of sp³-hybridized carbons (Fsp3) is 0.900. The van der Waals surface area contributed by atoms with Gasteiger partial charge >= 0.3 is 0 Å². The molecular formula is C10H18N2O2. The Hall–Kier alpha value is -0.610. The van der Waals surface area contributed by atoms with Gasteiger partial charge in [0.25, 0.3) is 5.91 Å². The molecule has 80 valence electrons. The van der Waals surface area contributed by atoms with Crippen molar-refractivity contribution >= 4 is 5.91 Å². The molecule has 0 radical (unpaired) electrons. The molecule has 2 fully saturated rings. The van der Waals surface area contributed by atoms with Gasteiger partial charge in [0, 0.05) is 25.7 Å². The van der Waals surface area contributed by atoms with Gasteiger partial charge in [-0.15, -0.1) is 0 Å². The number of nitrogens with two attached hydrogens (primary N) is 1. The molecule has 0 aliphatic carbocycles. The summed E-state index contributed by atoms with van der Waals surface area (Å²) < 4.78 is 5.52. The van der Waals surface area contributed by atoms with E-state index in [0.717, 1.165) is 25.8 Å². The van der Waals surface area contributed by atoms with Crippen LogP contribution >= 0.6 is 0 Å². The number of likely N-dealkylation sites (tertiary alicyclic amines) is 1. The summed E-state index contributed by atoms with van der Waals surface area (Å²) in [6.45, 7) is 4.09. The van der Waals surface area contributed by atoms with Crippen LogP contribution in [0.5, 0.6) is 0 Å². The number of carbonyl (C=O) groups is 1. The van der Waals surface area contributed by atoms with Gasteiger partial charge in [-0.3, -0.25) is 4.79 Å². The molecule has 2 aliphatic rings. The van der Waals surface area contributed by atoms with Crippen LogP contribution in [0.15, 0.2) is 0 Å². The Morgan fingerprint density at radius 3 is 2.93 bits per heavy atom. The average Bonchev–Trinajstić information content (AvgIpc) is 2.74. The SMILES string of the molecule is CC1(C(=O)N2CC[C@@H](N)C2)CCCO1. The third-order valence-corrected chi connectivity index (χ3v) is 3.18. The van der Waals surface area contributed by atoms with Crippen LogP contribution in [0, 0.1) is 0 Å². The number of rotatable bonds is 1. The fourth-order valence-electron chi connectivity index (χ4n) is 2.25. The average molecular weight is 198 g/mol. The third kappa shape index (κ3) is 1.64. The highest BCUT2D eigenvalue weighted by Gasteiger charge is 2.41. The smallest absolute Gasteiger partial charge is 0.254 e. The molecule has 0 aromatic heterocycles. The van der Waals surface area contributed by atoms with E-state index in [1.165, 1.54) is 0 Å². The lowest BCUT2D eigenvalue weighted by molar-refractivity contribution is -0.149. The highest BCUT2D eigenvalue weighted by molar-refractivity contribution is 5.85. The zero-order valence-electron chi connectivity index (χ0n) is 8.66. The van der Waals surface area contributed by atoms with Gasteiger partial charge < -0.3 is 15.4 Å². The quantitative estimate of drug-likeness (QED) is 0.651. The van der Waals surface area contributed by atoms with Crippen LogP contribution in [0.1, 0.15) is 26.2 Å². The van der Waals surface area contributed by atoms with Crippen LogP contribution in [-0.4, -0.2) is 42.1 Å². The lowest BCUT2D eigenvalue weighted by atomic mass is 10.0. The first-order valence-electron chi connectivity index (χ1n) is 5.31. The molecule has 0 aromatic carbocycles. The molecule has 2 rings (SSSR count).